The van der Waals surface area contributed by atoms with Crippen LogP contribution in [-0.2, 0) is 4.79 Å². The van der Waals surface area contributed by atoms with E-state index in [1.807, 2.05) is 24.3 Å². The normalized spacial score (nSPS) is 12.1. The number of nitrogens with one attached hydrogen (secondary N) is 2. The van der Waals surface area contributed by atoms with Crippen molar-refractivity contribution in [3.63, 3.8) is 0 Å². The number of carbonyl (C=O) groups is 1. The summed E-state index contributed by atoms with van der Waals surface area (Å²) in [6.07, 6.45) is 0. The molecule has 2 aromatic carbocycles. The van der Waals surface area contributed by atoms with Crippen LogP contribution in [0, 0.1) is 5.82 Å². The molecule has 2 aromatic rings. The molecule has 0 bridgehead atoms. The van der Waals surface area contributed by atoms with E-state index in [4.69, 9.17) is 11.6 Å². The van der Waals surface area contributed by atoms with E-state index in [2.05, 4.69) is 24.5 Å². The Bertz CT molecular complexity index is 686. The number of carbonyl (C=O) groups excluding carboxylic acids is 1. The quantitative estimate of drug-likeness (QED) is 0.804. The third kappa shape index (κ3) is 4.70. The lowest BCUT2D eigenvalue weighted by molar-refractivity contribution is -0.116. The van der Waals surface area contributed by atoms with Gasteiger partial charge in [0.15, 0.2) is 0 Å². The third-order valence-corrected chi connectivity index (χ3v) is 3.86. The van der Waals surface area contributed by atoms with Crippen molar-refractivity contribution < 1.29 is 9.18 Å². The van der Waals surface area contributed by atoms with Crippen LogP contribution in [0.25, 0.3) is 0 Å². The molecule has 122 valence electrons. The van der Waals surface area contributed by atoms with Crippen LogP contribution >= 0.6 is 11.6 Å². The van der Waals surface area contributed by atoms with Gasteiger partial charge >= 0.3 is 0 Å². The monoisotopic (exact) mass is 334 g/mol. The highest BCUT2D eigenvalue weighted by Crippen LogP contribution is 2.23. The second-order valence-corrected chi connectivity index (χ2v) is 6.16. The summed E-state index contributed by atoms with van der Waals surface area (Å²) in [6.45, 7) is 6.01. The molecule has 0 fully saturated rings. The number of halogens is 2. The first-order chi connectivity index (χ1) is 10.9. The van der Waals surface area contributed by atoms with Crippen LogP contribution in [0.15, 0.2) is 42.5 Å². The standard InChI is InChI=1S/C18H20ClFN2O/c1-11(2)13-4-7-15(8-5-13)21-12(3)18(23)22-17-9-6-14(20)10-16(17)19/h4-12,21H,1-3H3,(H,22,23)/t12-/m1/s1. The SMILES string of the molecule is CC(C)c1ccc(N[C@H](C)C(=O)Nc2ccc(F)cc2Cl)cc1. The predicted octanol–water partition coefficient (Wildman–Crippen LogP) is 5.04. The van der Waals surface area contributed by atoms with E-state index in [1.165, 1.54) is 23.8 Å². The van der Waals surface area contributed by atoms with E-state index in [0.717, 1.165) is 5.69 Å². The second-order valence-electron chi connectivity index (χ2n) is 5.76. The van der Waals surface area contributed by atoms with Crippen molar-refractivity contribution in [2.24, 2.45) is 0 Å². The molecule has 0 aliphatic heterocycles. The Hall–Kier alpha value is -2.07. The molecule has 0 radical (unpaired) electrons. The van der Waals surface area contributed by atoms with Crippen LogP contribution in [0.4, 0.5) is 15.8 Å². The molecule has 0 heterocycles. The summed E-state index contributed by atoms with van der Waals surface area (Å²) in [5.74, 6) is -0.221. The minimum atomic E-state index is -0.457. The van der Waals surface area contributed by atoms with Gasteiger partial charge in [-0.05, 0) is 48.7 Å². The molecule has 5 heteroatoms. The maximum absolute atomic E-state index is 13.0. The number of hydrogen-bond acceptors (Lipinski definition) is 2. The molecule has 0 aliphatic rings. The van der Waals surface area contributed by atoms with Crippen molar-refractivity contribution in [1.29, 1.82) is 0 Å². The molecule has 23 heavy (non-hydrogen) atoms. The van der Waals surface area contributed by atoms with Crippen molar-refractivity contribution >= 4 is 28.9 Å². The van der Waals surface area contributed by atoms with Crippen LogP contribution in [0.2, 0.25) is 5.02 Å². The largest absolute Gasteiger partial charge is 0.374 e. The fourth-order valence-electron chi connectivity index (χ4n) is 2.11. The van der Waals surface area contributed by atoms with Crippen molar-refractivity contribution in [3.8, 4) is 0 Å². The molecule has 0 spiro atoms. The molecule has 0 saturated carbocycles. The van der Waals surface area contributed by atoms with E-state index in [0.29, 0.717) is 11.6 Å². The van der Waals surface area contributed by atoms with Crippen LogP contribution in [0.3, 0.4) is 0 Å². The van der Waals surface area contributed by atoms with Crippen molar-refractivity contribution in [1.82, 2.24) is 0 Å². The lowest BCUT2D eigenvalue weighted by Gasteiger charge is -2.16. The number of benzene rings is 2. The van der Waals surface area contributed by atoms with Crippen LogP contribution in [0.5, 0.6) is 0 Å². The zero-order valence-corrected chi connectivity index (χ0v) is 14.1. The van der Waals surface area contributed by atoms with Gasteiger partial charge in [-0.15, -0.1) is 0 Å². The van der Waals surface area contributed by atoms with Gasteiger partial charge in [0, 0.05) is 5.69 Å². The molecule has 1 atom stereocenters. The number of anilines is 2. The van der Waals surface area contributed by atoms with E-state index in [1.54, 1.807) is 6.92 Å². The molecule has 0 aliphatic carbocycles. The zero-order valence-electron chi connectivity index (χ0n) is 13.4. The van der Waals surface area contributed by atoms with Gasteiger partial charge in [0.2, 0.25) is 5.91 Å². The molecule has 0 unspecified atom stereocenters. The third-order valence-electron chi connectivity index (χ3n) is 3.54. The van der Waals surface area contributed by atoms with Gasteiger partial charge in [-0.3, -0.25) is 4.79 Å². The zero-order chi connectivity index (χ0) is 17.0. The highest BCUT2D eigenvalue weighted by Gasteiger charge is 2.14. The molecule has 0 aromatic heterocycles. The first-order valence-electron chi connectivity index (χ1n) is 7.49. The highest BCUT2D eigenvalue weighted by molar-refractivity contribution is 6.33. The van der Waals surface area contributed by atoms with Crippen molar-refractivity contribution in [2.75, 3.05) is 10.6 Å². The van der Waals surface area contributed by atoms with E-state index < -0.39 is 11.9 Å². The summed E-state index contributed by atoms with van der Waals surface area (Å²) in [5, 5.41) is 5.99. The van der Waals surface area contributed by atoms with Crippen LogP contribution in [-0.4, -0.2) is 11.9 Å². The minimum Gasteiger partial charge on any atom is -0.374 e. The van der Waals surface area contributed by atoms with Gasteiger partial charge in [-0.2, -0.15) is 0 Å². The molecule has 0 saturated heterocycles. The Kier molecular flexibility index (Phi) is 5.61. The van der Waals surface area contributed by atoms with E-state index in [-0.39, 0.29) is 10.9 Å². The summed E-state index contributed by atoms with van der Waals surface area (Å²) < 4.78 is 13.0. The Morgan fingerprint density at radius 2 is 1.74 bits per heavy atom. The Morgan fingerprint density at radius 1 is 1.09 bits per heavy atom. The van der Waals surface area contributed by atoms with Gasteiger partial charge in [-0.1, -0.05) is 37.6 Å². The summed E-state index contributed by atoms with van der Waals surface area (Å²) >= 11 is 5.91. The predicted molar refractivity (Wildman–Crippen MR) is 93.7 cm³/mol. The Balaban J connectivity index is 1.99. The first-order valence-corrected chi connectivity index (χ1v) is 7.87. The highest BCUT2D eigenvalue weighted by atomic mass is 35.5. The number of amides is 1. The van der Waals surface area contributed by atoms with E-state index in [9.17, 15) is 9.18 Å². The molecule has 3 nitrogen and oxygen atoms in total. The molecule has 2 rings (SSSR count). The van der Waals surface area contributed by atoms with Gasteiger partial charge in [-0.25, -0.2) is 4.39 Å². The molecular weight excluding hydrogens is 315 g/mol. The second kappa shape index (κ2) is 7.47. The van der Waals surface area contributed by atoms with Gasteiger partial charge in [0.05, 0.1) is 10.7 Å². The number of rotatable bonds is 5. The summed E-state index contributed by atoms with van der Waals surface area (Å²) in [5.41, 5.74) is 2.50. The topological polar surface area (TPSA) is 41.1 Å². The van der Waals surface area contributed by atoms with Crippen LogP contribution in [0.1, 0.15) is 32.3 Å². The van der Waals surface area contributed by atoms with Crippen LogP contribution < -0.4 is 10.6 Å². The van der Waals surface area contributed by atoms with Crippen molar-refractivity contribution in [3.05, 3.63) is 58.9 Å². The average Bonchev–Trinajstić information content (AvgIpc) is 2.50. The molecule has 2 N–H and O–H groups in total. The summed E-state index contributed by atoms with van der Waals surface area (Å²) in [7, 11) is 0. The average molecular weight is 335 g/mol. The fourth-order valence-corrected chi connectivity index (χ4v) is 2.33. The molecule has 1 amide bonds. The lowest BCUT2D eigenvalue weighted by Crippen LogP contribution is -2.31. The van der Waals surface area contributed by atoms with E-state index >= 15 is 0 Å². The minimum absolute atomic E-state index is 0.173. The maximum Gasteiger partial charge on any atom is 0.246 e. The number of hydrogen-bond donors (Lipinski definition) is 2. The Morgan fingerprint density at radius 3 is 2.30 bits per heavy atom. The Labute approximate surface area is 140 Å². The summed E-state index contributed by atoms with van der Waals surface area (Å²) in [4.78, 5) is 12.2. The first kappa shape index (κ1) is 17.3. The lowest BCUT2D eigenvalue weighted by atomic mass is 10.0. The van der Waals surface area contributed by atoms with Gasteiger partial charge in [0.1, 0.15) is 11.9 Å². The van der Waals surface area contributed by atoms with Gasteiger partial charge < -0.3 is 10.6 Å². The van der Waals surface area contributed by atoms with Gasteiger partial charge in [0.25, 0.3) is 0 Å². The summed E-state index contributed by atoms with van der Waals surface area (Å²) in [6, 6.07) is 11.4. The molecular formula is C18H20ClFN2O. The smallest absolute Gasteiger partial charge is 0.246 e. The van der Waals surface area contributed by atoms with Crippen molar-refractivity contribution in [2.45, 2.75) is 32.7 Å². The maximum atomic E-state index is 13.0. The fraction of sp³-hybridized carbons (Fsp3) is 0.278.